The number of sulfonamides is 1. The molecule has 1 aromatic carbocycles. The summed E-state index contributed by atoms with van der Waals surface area (Å²) < 4.78 is 33.4. The average Bonchev–Trinajstić information content (AvgIpc) is 3.17. The van der Waals surface area contributed by atoms with Crippen LogP contribution in [-0.2, 0) is 16.6 Å². The van der Waals surface area contributed by atoms with Gasteiger partial charge in [0.15, 0.2) is 11.5 Å². The number of nitrogens with one attached hydrogen (secondary N) is 1. The van der Waals surface area contributed by atoms with E-state index in [0.29, 0.717) is 24.1 Å². The largest absolute Gasteiger partial charge is 0.493 e. The van der Waals surface area contributed by atoms with E-state index in [1.54, 1.807) is 0 Å². The van der Waals surface area contributed by atoms with E-state index in [4.69, 9.17) is 14.6 Å². The zero-order chi connectivity index (χ0) is 14.0. The maximum absolute atomic E-state index is 11.5. The summed E-state index contributed by atoms with van der Waals surface area (Å²) in [4.78, 5) is 0.0257. The Morgan fingerprint density at radius 1 is 1.32 bits per heavy atom. The fourth-order valence-electron chi connectivity index (χ4n) is 1.85. The van der Waals surface area contributed by atoms with E-state index in [9.17, 15) is 8.42 Å². The fraction of sp³-hybridized carbons (Fsp3) is 0.500. The van der Waals surface area contributed by atoms with E-state index >= 15 is 0 Å². The number of nitrogens with two attached hydrogens (primary N) is 1. The molecule has 0 amide bonds. The smallest absolute Gasteiger partial charge is 0.238 e. The standard InChI is InChI=1S/C12H18N2O4S/c1-17-11-6-10(19(13,15)16)5-8(12(11)18-2)7-14-9-3-4-9/h5-6,9,14H,3-4,7H2,1-2H3,(H2,13,15,16). The first kappa shape index (κ1) is 14.1. The van der Waals surface area contributed by atoms with E-state index in [-0.39, 0.29) is 4.90 Å². The summed E-state index contributed by atoms with van der Waals surface area (Å²) in [5.41, 5.74) is 0.720. The quantitative estimate of drug-likeness (QED) is 0.799. The third-order valence-electron chi connectivity index (χ3n) is 3.02. The van der Waals surface area contributed by atoms with Crippen LogP contribution in [0.25, 0.3) is 0 Å². The van der Waals surface area contributed by atoms with Gasteiger partial charge in [0, 0.05) is 24.2 Å². The molecule has 6 nitrogen and oxygen atoms in total. The summed E-state index contributed by atoms with van der Waals surface area (Å²) in [6.07, 6.45) is 2.29. The number of ether oxygens (including phenoxy) is 2. The van der Waals surface area contributed by atoms with Crippen molar-refractivity contribution in [2.75, 3.05) is 14.2 Å². The molecule has 0 aromatic heterocycles. The normalized spacial score (nSPS) is 15.3. The molecule has 1 aliphatic rings. The Morgan fingerprint density at radius 2 is 2.00 bits per heavy atom. The molecule has 0 spiro atoms. The minimum absolute atomic E-state index is 0.0257. The third-order valence-corrected chi connectivity index (χ3v) is 3.91. The van der Waals surface area contributed by atoms with Crippen molar-refractivity contribution in [3.8, 4) is 11.5 Å². The van der Waals surface area contributed by atoms with Crippen molar-refractivity contribution >= 4 is 10.0 Å². The van der Waals surface area contributed by atoms with Crippen LogP contribution in [0.15, 0.2) is 17.0 Å². The highest BCUT2D eigenvalue weighted by Gasteiger charge is 2.22. The highest BCUT2D eigenvalue weighted by molar-refractivity contribution is 7.89. The van der Waals surface area contributed by atoms with Crippen LogP contribution >= 0.6 is 0 Å². The van der Waals surface area contributed by atoms with Gasteiger partial charge in [-0.3, -0.25) is 0 Å². The molecule has 1 fully saturated rings. The first-order valence-corrected chi connectivity index (χ1v) is 7.51. The van der Waals surface area contributed by atoms with Crippen LogP contribution in [0.2, 0.25) is 0 Å². The molecule has 0 heterocycles. The topological polar surface area (TPSA) is 90.7 Å². The van der Waals surface area contributed by atoms with Gasteiger partial charge < -0.3 is 14.8 Å². The predicted octanol–water partition coefficient (Wildman–Crippen LogP) is 0.603. The molecular weight excluding hydrogens is 268 g/mol. The number of hydrogen-bond acceptors (Lipinski definition) is 5. The zero-order valence-corrected chi connectivity index (χ0v) is 11.8. The summed E-state index contributed by atoms with van der Waals surface area (Å²) in [6, 6.07) is 3.40. The van der Waals surface area contributed by atoms with E-state index < -0.39 is 10.0 Å². The van der Waals surface area contributed by atoms with Crippen LogP contribution in [0.3, 0.4) is 0 Å². The van der Waals surface area contributed by atoms with Gasteiger partial charge in [-0.15, -0.1) is 0 Å². The van der Waals surface area contributed by atoms with Crippen molar-refractivity contribution in [3.05, 3.63) is 17.7 Å². The predicted molar refractivity (Wildman–Crippen MR) is 70.8 cm³/mol. The molecule has 1 aliphatic carbocycles. The molecule has 2 rings (SSSR count). The summed E-state index contributed by atoms with van der Waals surface area (Å²) in [5.74, 6) is 0.893. The van der Waals surface area contributed by atoms with Crippen LogP contribution in [0.4, 0.5) is 0 Å². The molecule has 0 saturated heterocycles. The van der Waals surface area contributed by atoms with E-state index in [0.717, 1.165) is 18.4 Å². The monoisotopic (exact) mass is 286 g/mol. The molecular formula is C12H18N2O4S. The second kappa shape index (κ2) is 5.36. The van der Waals surface area contributed by atoms with Crippen LogP contribution in [0.5, 0.6) is 11.5 Å². The van der Waals surface area contributed by atoms with Gasteiger partial charge in [-0.25, -0.2) is 13.6 Å². The number of benzene rings is 1. The second-order valence-electron chi connectivity index (χ2n) is 4.52. The Hall–Kier alpha value is -1.31. The Morgan fingerprint density at radius 3 is 2.47 bits per heavy atom. The molecule has 106 valence electrons. The van der Waals surface area contributed by atoms with Crippen molar-refractivity contribution in [1.82, 2.24) is 5.32 Å². The van der Waals surface area contributed by atoms with Gasteiger partial charge in [0.25, 0.3) is 0 Å². The Kier molecular flexibility index (Phi) is 3.98. The lowest BCUT2D eigenvalue weighted by Crippen LogP contribution is -2.18. The lowest BCUT2D eigenvalue weighted by Gasteiger charge is -2.15. The van der Waals surface area contributed by atoms with Gasteiger partial charge in [-0.05, 0) is 18.9 Å². The lowest BCUT2D eigenvalue weighted by molar-refractivity contribution is 0.349. The first-order chi connectivity index (χ1) is 8.95. The number of hydrogen-bond donors (Lipinski definition) is 2. The minimum atomic E-state index is -3.77. The molecule has 0 atom stereocenters. The molecule has 3 N–H and O–H groups in total. The maximum Gasteiger partial charge on any atom is 0.238 e. The van der Waals surface area contributed by atoms with Crippen LogP contribution in [0.1, 0.15) is 18.4 Å². The SMILES string of the molecule is COc1cc(S(N)(=O)=O)cc(CNC2CC2)c1OC. The lowest BCUT2D eigenvalue weighted by atomic mass is 10.2. The Bertz CT molecular complexity index is 567. The first-order valence-electron chi connectivity index (χ1n) is 5.96. The molecule has 1 aromatic rings. The maximum atomic E-state index is 11.5. The summed E-state index contributed by atoms with van der Waals surface area (Å²) in [7, 11) is -0.785. The highest BCUT2D eigenvalue weighted by atomic mass is 32.2. The van der Waals surface area contributed by atoms with E-state index in [1.165, 1.54) is 26.4 Å². The number of primary sulfonamides is 1. The van der Waals surface area contributed by atoms with Crippen LogP contribution in [-0.4, -0.2) is 28.7 Å². The van der Waals surface area contributed by atoms with Crippen molar-refractivity contribution in [1.29, 1.82) is 0 Å². The van der Waals surface area contributed by atoms with Gasteiger partial charge in [-0.1, -0.05) is 0 Å². The Balaban J connectivity index is 2.40. The highest BCUT2D eigenvalue weighted by Crippen LogP contribution is 2.34. The van der Waals surface area contributed by atoms with E-state index in [2.05, 4.69) is 5.32 Å². The van der Waals surface area contributed by atoms with Crippen molar-refractivity contribution in [2.45, 2.75) is 30.3 Å². The minimum Gasteiger partial charge on any atom is -0.493 e. The summed E-state index contributed by atoms with van der Waals surface area (Å²) >= 11 is 0. The van der Waals surface area contributed by atoms with Gasteiger partial charge in [0.2, 0.25) is 10.0 Å². The van der Waals surface area contributed by atoms with Crippen molar-refractivity contribution < 1.29 is 17.9 Å². The Labute approximate surface area is 112 Å². The molecule has 0 unspecified atom stereocenters. The van der Waals surface area contributed by atoms with Gasteiger partial charge >= 0.3 is 0 Å². The van der Waals surface area contributed by atoms with Gasteiger partial charge in [0.05, 0.1) is 19.1 Å². The molecule has 0 radical (unpaired) electrons. The van der Waals surface area contributed by atoms with Crippen molar-refractivity contribution in [3.63, 3.8) is 0 Å². The van der Waals surface area contributed by atoms with Gasteiger partial charge in [-0.2, -0.15) is 0 Å². The average molecular weight is 286 g/mol. The van der Waals surface area contributed by atoms with Crippen LogP contribution in [0, 0.1) is 0 Å². The molecule has 1 saturated carbocycles. The molecule has 0 aliphatic heterocycles. The van der Waals surface area contributed by atoms with Crippen LogP contribution < -0.4 is 19.9 Å². The van der Waals surface area contributed by atoms with E-state index in [1.807, 2.05) is 0 Å². The second-order valence-corrected chi connectivity index (χ2v) is 6.08. The fourth-order valence-corrected chi connectivity index (χ4v) is 2.43. The van der Waals surface area contributed by atoms with Crippen molar-refractivity contribution in [2.24, 2.45) is 5.14 Å². The van der Waals surface area contributed by atoms with Gasteiger partial charge in [0.1, 0.15) is 0 Å². The molecule has 0 bridgehead atoms. The summed E-state index contributed by atoms with van der Waals surface area (Å²) in [6.45, 7) is 0.521. The summed E-state index contributed by atoms with van der Waals surface area (Å²) in [5, 5.41) is 8.47. The number of rotatable bonds is 6. The number of methoxy groups -OCH3 is 2. The third kappa shape index (κ3) is 3.37. The molecule has 19 heavy (non-hydrogen) atoms. The zero-order valence-electron chi connectivity index (χ0n) is 11.0. The molecule has 7 heteroatoms.